The Morgan fingerprint density at radius 2 is 1.90 bits per heavy atom. The average molecular weight is 403 g/mol. The van der Waals surface area contributed by atoms with Crippen molar-refractivity contribution >= 4 is 0 Å². The average Bonchev–Trinajstić information content (AvgIpc) is 3.04. The van der Waals surface area contributed by atoms with E-state index in [2.05, 4.69) is 33.8 Å². The first-order valence-electron chi connectivity index (χ1n) is 12.7. The van der Waals surface area contributed by atoms with Crippen molar-refractivity contribution in [1.82, 2.24) is 0 Å². The summed E-state index contributed by atoms with van der Waals surface area (Å²) in [5.74, 6) is 4.11. The van der Waals surface area contributed by atoms with Crippen LogP contribution in [0.5, 0.6) is 0 Å². The van der Waals surface area contributed by atoms with Crippen LogP contribution in [-0.4, -0.2) is 21.9 Å². The standard InChI is InChI=1S/C27H46O2/c1-6-25(3,29)14-11-18(2)22-9-10-23-21-8-7-19-17-20(28)12-15-26(19,4)24(21)13-16-27(22,23)5/h7,18,20-24,28-29H,6,8-17H2,1-5H3/t18-,20+,21+,22-,23+,24+,25?,26+,27-/m1/s1. The smallest absolute Gasteiger partial charge is 0.0617 e. The number of aliphatic hydroxyl groups is 2. The Bertz CT molecular complexity index is 636. The lowest BCUT2D eigenvalue weighted by molar-refractivity contribution is -0.0588. The molecule has 0 spiro atoms. The molecule has 3 fully saturated rings. The first-order valence-corrected chi connectivity index (χ1v) is 12.7. The Labute approximate surface area is 179 Å². The molecule has 166 valence electrons. The molecular formula is C27H46O2. The van der Waals surface area contributed by atoms with E-state index in [1.807, 2.05) is 6.92 Å². The summed E-state index contributed by atoms with van der Waals surface area (Å²) in [4.78, 5) is 0. The summed E-state index contributed by atoms with van der Waals surface area (Å²) in [6.45, 7) is 11.8. The summed E-state index contributed by atoms with van der Waals surface area (Å²) in [6, 6.07) is 0. The maximum Gasteiger partial charge on any atom is 0.0617 e. The van der Waals surface area contributed by atoms with E-state index in [0.717, 1.165) is 55.3 Å². The topological polar surface area (TPSA) is 40.5 Å². The molecular weight excluding hydrogens is 356 g/mol. The second-order valence-corrected chi connectivity index (χ2v) is 12.3. The van der Waals surface area contributed by atoms with Crippen molar-refractivity contribution in [2.45, 2.75) is 117 Å². The molecule has 0 amide bonds. The molecule has 3 saturated carbocycles. The number of hydrogen-bond donors (Lipinski definition) is 2. The van der Waals surface area contributed by atoms with Gasteiger partial charge in [-0.05, 0) is 118 Å². The molecule has 2 nitrogen and oxygen atoms in total. The zero-order valence-electron chi connectivity index (χ0n) is 19.7. The van der Waals surface area contributed by atoms with Gasteiger partial charge in [0.25, 0.3) is 0 Å². The lowest BCUT2D eigenvalue weighted by Gasteiger charge is -2.58. The van der Waals surface area contributed by atoms with E-state index in [0.29, 0.717) is 10.8 Å². The molecule has 0 aromatic carbocycles. The number of aliphatic hydroxyl groups excluding tert-OH is 1. The molecule has 0 saturated heterocycles. The van der Waals surface area contributed by atoms with Crippen LogP contribution in [0.15, 0.2) is 11.6 Å². The van der Waals surface area contributed by atoms with E-state index in [1.54, 1.807) is 5.57 Å². The Balaban J connectivity index is 1.50. The van der Waals surface area contributed by atoms with Crippen LogP contribution in [0.2, 0.25) is 0 Å². The van der Waals surface area contributed by atoms with Crippen LogP contribution in [0.1, 0.15) is 105 Å². The summed E-state index contributed by atoms with van der Waals surface area (Å²) in [5.41, 5.74) is 1.95. The summed E-state index contributed by atoms with van der Waals surface area (Å²) in [7, 11) is 0. The van der Waals surface area contributed by atoms with Gasteiger partial charge in [-0.2, -0.15) is 0 Å². The summed E-state index contributed by atoms with van der Waals surface area (Å²) >= 11 is 0. The highest BCUT2D eigenvalue weighted by Gasteiger charge is 2.59. The van der Waals surface area contributed by atoms with Gasteiger partial charge < -0.3 is 10.2 Å². The third-order valence-corrected chi connectivity index (χ3v) is 10.7. The second-order valence-electron chi connectivity index (χ2n) is 12.3. The summed E-state index contributed by atoms with van der Waals surface area (Å²) in [6.07, 6.45) is 15.4. The van der Waals surface area contributed by atoms with Crippen molar-refractivity contribution in [2.24, 2.45) is 40.4 Å². The fourth-order valence-electron chi connectivity index (χ4n) is 8.53. The molecule has 0 heterocycles. The maximum absolute atomic E-state index is 10.5. The van der Waals surface area contributed by atoms with Crippen LogP contribution in [0.4, 0.5) is 0 Å². The predicted octanol–water partition coefficient (Wildman–Crippen LogP) is 6.50. The maximum atomic E-state index is 10.5. The molecule has 4 aliphatic rings. The fraction of sp³-hybridized carbons (Fsp3) is 0.926. The van der Waals surface area contributed by atoms with Crippen LogP contribution in [0, 0.1) is 40.4 Å². The molecule has 0 radical (unpaired) electrons. The van der Waals surface area contributed by atoms with Crippen molar-refractivity contribution in [3.63, 3.8) is 0 Å². The quantitative estimate of drug-likeness (QED) is 0.515. The first kappa shape index (κ1) is 21.9. The molecule has 9 atom stereocenters. The monoisotopic (exact) mass is 402 g/mol. The highest BCUT2D eigenvalue weighted by molar-refractivity contribution is 5.25. The van der Waals surface area contributed by atoms with Crippen LogP contribution < -0.4 is 0 Å². The summed E-state index contributed by atoms with van der Waals surface area (Å²) < 4.78 is 0. The molecule has 0 bridgehead atoms. The third kappa shape index (κ3) is 3.65. The SMILES string of the molecule is CCC(C)(O)CC[C@@H](C)[C@H]1CC[C@H]2[C@@H]3CC=C4C[C@@H](O)CC[C@]4(C)[C@H]3CC[C@]12C. The van der Waals surface area contributed by atoms with Gasteiger partial charge >= 0.3 is 0 Å². The van der Waals surface area contributed by atoms with E-state index in [1.165, 1.54) is 44.9 Å². The van der Waals surface area contributed by atoms with Crippen molar-refractivity contribution < 1.29 is 10.2 Å². The van der Waals surface area contributed by atoms with Gasteiger partial charge in [-0.1, -0.05) is 39.3 Å². The van der Waals surface area contributed by atoms with E-state index in [-0.39, 0.29) is 6.10 Å². The van der Waals surface area contributed by atoms with Crippen molar-refractivity contribution in [1.29, 1.82) is 0 Å². The molecule has 0 aliphatic heterocycles. The van der Waals surface area contributed by atoms with Gasteiger partial charge in [0.05, 0.1) is 11.7 Å². The number of allylic oxidation sites excluding steroid dienone is 1. The van der Waals surface area contributed by atoms with E-state index < -0.39 is 5.60 Å². The minimum absolute atomic E-state index is 0.100. The van der Waals surface area contributed by atoms with Crippen LogP contribution in [0.3, 0.4) is 0 Å². The lowest BCUT2D eigenvalue weighted by Crippen LogP contribution is -2.50. The van der Waals surface area contributed by atoms with Crippen molar-refractivity contribution in [2.75, 3.05) is 0 Å². The molecule has 2 heteroatoms. The van der Waals surface area contributed by atoms with Crippen molar-refractivity contribution in [3.05, 3.63) is 11.6 Å². The summed E-state index contributed by atoms with van der Waals surface area (Å²) in [5, 5.41) is 20.7. The van der Waals surface area contributed by atoms with Gasteiger partial charge in [-0.25, -0.2) is 0 Å². The fourth-order valence-corrected chi connectivity index (χ4v) is 8.53. The molecule has 4 rings (SSSR count). The zero-order chi connectivity index (χ0) is 21.0. The first-order chi connectivity index (χ1) is 13.6. The van der Waals surface area contributed by atoms with Crippen LogP contribution >= 0.6 is 0 Å². The van der Waals surface area contributed by atoms with Gasteiger partial charge in [0.1, 0.15) is 0 Å². The van der Waals surface area contributed by atoms with Gasteiger partial charge in [0.2, 0.25) is 0 Å². The number of rotatable bonds is 5. The Hall–Kier alpha value is -0.340. The number of hydrogen-bond acceptors (Lipinski definition) is 2. The van der Waals surface area contributed by atoms with Gasteiger partial charge in [-0.15, -0.1) is 0 Å². The van der Waals surface area contributed by atoms with Gasteiger partial charge in [0.15, 0.2) is 0 Å². The lowest BCUT2D eigenvalue weighted by atomic mass is 9.47. The van der Waals surface area contributed by atoms with E-state index in [4.69, 9.17) is 0 Å². The van der Waals surface area contributed by atoms with Crippen molar-refractivity contribution in [3.8, 4) is 0 Å². The minimum Gasteiger partial charge on any atom is -0.393 e. The van der Waals surface area contributed by atoms with Gasteiger partial charge in [-0.3, -0.25) is 0 Å². The van der Waals surface area contributed by atoms with Crippen LogP contribution in [0.25, 0.3) is 0 Å². The minimum atomic E-state index is -0.491. The van der Waals surface area contributed by atoms with Crippen LogP contribution in [-0.2, 0) is 0 Å². The molecule has 1 unspecified atom stereocenters. The molecule has 4 aliphatic carbocycles. The molecule has 0 aromatic heterocycles. The van der Waals surface area contributed by atoms with E-state index in [9.17, 15) is 10.2 Å². The normalized spacial score (nSPS) is 47.4. The highest BCUT2D eigenvalue weighted by atomic mass is 16.3. The predicted molar refractivity (Wildman–Crippen MR) is 121 cm³/mol. The molecule has 29 heavy (non-hydrogen) atoms. The highest BCUT2D eigenvalue weighted by Crippen LogP contribution is 2.67. The Kier molecular flexibility index (Phi) is 5.78. The third-order valence-electron chi connectivity index (χ3n) is 10.7. The van der Waals surface area contributed by atoms with Gasteiger partial charge in [0, 0.05) is 0 Å². The molecule has 2 N–H and O–H groups in total. The Morgan fingerprint density at radius 3 is 2.62 bits per heavy atom. The molecule has 0 aromatic rings. The Morgan fingerprint density at radius 1 is 1.14 bits per heavy atom. The number of fused-ring (bicyclic) bond motifs is 5. The zero-order valence-corrected chi connectivity index (χ0v) is 19.7. The van der Waals surface area contributed by atoms with E-state index >= 15 is 0 Å². The largest absolute Gasteiger partial charge is 0.393 e. The second kappa shape index (κ2) is 7.66.